The second-order valence-corrected chi connectivity index (χ2v) is 6.50. The number of nitrogens with zero attached hydrogens (tertiary/aromatic N) is 2. The van der Waals surface area contributed by atoms with Gasteiger partial charge in [-0.05, 0) is 55.0 Å². The van der Waals surface area contributed by atoms with Crippen LogP contribution in [0.4, 0.5) is 22.7 Å². The Morgan fingerprint density at radius 2 is 1.07 bits per heavy atom. The molecule has 0 aliphatic rings. The molecule has 2 aromatic rings. The van der Waals surface area contributed by atoms with Gasteiger partial charge in [0.25, 0.3) is 0 Å². The summed E-state index contributed by atoms with van der Waals surface area (Å²) in [5.74, 6) is 0. The van der Waals surface area contributed by atoms with Gasteiger partial charge in [0.1, 0.15) is 0 Å². The highest BCUT2D eigenvalue weighted by molar-refractivity contribution is 5.58. The summed E-state index contributed by atoms with van der Waals surface area (Å²) in [6.45, 7) is 4.30. The monoisotopic (exact) mass is 406 g/mol. The van der Waals surface area contributed by atoms with Crippen molar-refractivity contribution < 1.29 is 20.4 Å². The van der Waals surface area contributed by atoms with Crippen molar-refractivity contribution in [2.24, 2.45) is 0 Å². The second kappa shape index (κ2) is 13.6. The molecule has 162 valence electrons. The lowest BCUT2D eigenvalue weighted by Gasteiger charge is -2.23. The van der Waals surface area contributed by atoms with E-state index < -0.39 is 0 Å². The summed E-state index contributed by atoms with van der Waals surface area (Å²) >= 11 is 0. The molecule has 0 aliphatic carbocycles. The third-order valence-corrected chi connectivity index (χ3v) is 4.36. The minimum absolute atomic E-state index is 0.0728. The van der Waals surface area contributed by atoms with Gasteiger partial charge in [0.05, 0.1) is 26.4 Å². The molecule has 0 saturated heterocycles. The molecule has 0 fully saturated rings. The average Bonchev–Trinajstić information content (AvgIpc) is 2.71. The number of anilines is 4. The quantitative estimate of drug-likeness (QED) is 0.312. The van der Waals surface area contributed by atoms with Gasteiger partial charge in [-0.15, -0.1) is 0 Å². The first kappa shape index (κ1) is 24.5. The minimum Gasteiger partial charge on any atom is -0.399 e. The third-order valence-electron chi connectivity index (χ3n) is 4.36. The highest BCUT2D eigenvalue weighted by atomic mass is 16.3. The van der Waals surface area contributed by atoms with Crippen molar-refractivity contribution in [2.45, 2.75) is 6.92 Å². The molecule has 0 aliphatic heterocycles. The van der Waals surface area contributed by atoms with E-state index in [1.807, 2.05) is 47.1 Å². The summed E-state index contributed by atoms with van der Waals surface area (Å²) in [4.78, 5) is 3.83. The molecule has 0 spiro atoms. The zero-order valence-electron chi connectivity index (χ0n) is 17.0. The molecule has 0 unspecified atom stereocenters. The summed E-state index contributed by atoms with van der Waals surface area (Å²) in [6.07, 6.45) is 0. The standard InChI is InChI=1S/C11H18N2O2.C10H16N2O2/c1-9-8-10(2-3-11(9)12)13(4-6-14)5-7-15;11-9-1-3-10(4-2-9)12(5-7-13)6-8-14/h2-3,8,14-15H,4-7,12H2,1H3;1-4,13-14H,5-8,11H2. The lowest BCUT2D eigenvalue weighted by Crippen LogP contribution is -2.29. The van der Waals surface area contributed by atoms with Gasteiger partial charge in [-0.3, -0.25) is 0 Å². The van der Waals surface area contributed by atoms with E-state index >= 15 is 0 Å². The molecule has 0 amide bonds. The zero-order chi connectivity index (χ0) is 21.6. The Hall–Kier alpha value is -2.52. The number of aliphatic hydroxyl groups excluding tert-OH is 4. The Kier molecular flexibility index (Phi) is 11.5. The van der Waals surface area contributed by atoms with E-state index in [0.29, 0.717) is 31.9 Å². The van der Waals surface area contributed by atoms with E-state index in [1.165, 1.54) is 0 Å². The van der Waals surface area contributed by atoms with E-state index in [2.05, 4.69) is 0 Å². The molecule has 0 saturated carbocycles. The lowest BCUT2D eigenvalue weighted by atomic mass is 10.1. The molecular formula is C21H34N4O4. The zero-order valence-corrected chi connectivity index (χ0v) is 17.0. The Balaban J connectivity index is 0.000000291. The average molecular weight is 407 g/mol. The molecule has 0 radical (unpaired) electrons. The fourth-order valence-corrected chi connectivity index (χ4v) is 2.76. The van der Waals surface area contributed by atoms with Gasteiger partial charge in [-0.1, -0.05) is 0 Å². The van der Waals surface area contributed by atoms with Crippen LogP contribution < -0.4 is 21.3 Å². The summed E-state index contributed by atoms with van der Waals surface area (Å²) in [5.41, 5.74) is 15.7. The van der Waals surface area contributed by atoms with Crippen LogP contribution in [0, 0.1) is 6.92 Å². The number of benzene rings is 2. The van der Waals surface area contributed by atoms with Crippen LogP contribution in [-0.2, 0) is 0 Å². The molecule has 8 heteroatoms. The number of nitrogens with two attached hydrogens (primary N) is 2. The molecule has 2 rings (SSSR count). The molecule has 8 N–H and O–H groups in total. The SMILES string of the molecule is Cc1cc(N(CCO)CCO)ccc1N.Nc1ccc(N(CCO)CCO)cc1. The van der Waals surface area contributed by atoms with Crippen molar-refractivity contribution in [1.29, 1.82) is 0 Å². The van der Waals surface area contributed by atoms with Crippen LogP contribution in [0.5, 0.6) is 0 Å². The van der Waals surface area contributed by atoms with Crippen LogP contribution in [-0.4, -0.2) is 73.0 Å². The van der Waals surface area contributed by atoms with Crippen LogP contribution in [0.2, 0.25) is 0 Å². The van der Waals surface area contributed by atoms with E-state index in [4.69, 9.17) is 31.9 Å². The van der Waals surface area contributed by atoms with E-state index in [-0.39, 0.29) is 26.4 Å². The molecule has 2 aromatic carbocycles. The van der Waals surface area contributed by atoms with Gasteiger partial charge >= 0.3 is 0 Å². The Bertz CT molecular complexity index is 686. The molecule has 0 atom stereocenters. The maximum absolute atomic E-state index is 8.90. The van der Waals surface area contributed by atoms with Crippen LogP contribution in [0.15, 0.2) is 42.5 Å². The van der Waals surface area contributed by atoms with Crippen molar-refractivity contribution in [3.05, 3.63) is 48.0 Å². The fraction of sp³-hybridized carbons (Fsp3) is 0.429. The Morgan fingerprint density at radius 1 is 0.655 bits per heavy atom. The minimum atomic E-state index is 0.0728. The fourth-order valence-electron chi connectivity index (χ4n) is 2.76. The number of hydrogen-bond acceptors (Lipinski definition) is 8. The first-order valence-electron chi connectivity index (χ1n) is 9.61. The van der Waals surface area contributed by atoms with Crippen molar-refractivity contribution in [1.82, 2.24) is 0 Å². The lowest BCUT2D eigenvalue weighted by molar-refractivity contribution is 0.280. The molecule has 8 nitrogen and oxygen atoms in total. The Morgan fingerprint density at radius 3 is 1.48 bits per heavy atom. The van der Waals surface area contributed by atoms with Crippen LogP contribution >= 0.6 is 0 Å². The first-order valence-corrected chi connectivity index (χ1v) is 9.61. The smallest absolute Gasteiger partial charge is 0.0606 e. The van der Waals surface area contributed by atoms with Gasteiger partial charge < -0.3 is 41.7 Å². The highest BCUT2D eigenvalue weighted by Crippen LogP contribution is 2.20. The van der Waals surface area contributed by atoms with Crippen molar-refractivity contribution in [2.75, 3.05) is 73.9 Å². The largest absolute Gasteiger partial charge is 0.399 e. The Labute approximate surface area is 172 Å². The molecule has 0 bridgehead atoms. The summed E-state index contributed by atoms with van der Waals surface area (Å²) in [7, 11) is 0. The van der Waals surface area contributed by atoms with E-state index in [1.54, 1.807) is 12.1 Å². The van der Waals surface area contributed by atoms with Gasteiger partial charge in [0.15, 0.2) is 0 Å². The number of hydrogen-bond donors (Lipinski definition) is 6. The number of nitrogen functional groups attached to an aromatic ring is 2. The number of aliphatic hydroxyl groups is 4. The maximum Gasteiger partial charge on any atom is 0.0606 e. The maximum atomic E-state index is 8.90. The predicted molar refractivity (Wildman–Crippen MR) is 119 cm³/mol. The predicted octanol–water partition coefficient (Wildman–Crippen LogP) is 0.428. The molecule has 0 heterocycles. The van der Waals surface area contributed by atoms with Gasteiger partial charge in [-0.2, -0.15) is 0 Å². The van der Waals surface area contributed by atoms with Crippen molar-refractivity contribution in [3.8, 4) is 0 Å². The second-order valence-electron chi connectivity index (χ2n) is 6.50. The van der Waals surface area contributed by atoms with E-state index in [9.17, 15) is 0 Å². The molecular weight excluding hydrogens is 372 g/mol. The topological polar surface area (TPSA) is 139 Å². The highest BCUT2D eigenvalue weighted by Gasteiger charge is 2.06. The summed E-state index contributed by atoms with van der Waals surface area (Å²) < 4.78 is 0. The first-order chi connectivity index (χ1) is 14.0. The third kappa shape index (κ3) is 8.57. The van der Waals surface area contributed by atoms with Crippen LogP contribution in [0.1, 0.15) is 5.56 Å². The molecule has 29 heavy (non-hydrogen) atoms. The normalized spacial score (nSPS) is 10.2. The van der Waals surface area contributed by atoms with Gasteiger partial charge in [0, 0.05) is 48.9 Å². The number of aryl methyl sites for hydroxylation is 1. The van der Waals surface area contributed by atoms with Crippen LogP contribution in [0.25, 0.3) is 0 Å². The van der Waals surface area contributed by atoms with E-state index in [0.717, 1.165) is 22.6 Å². The summed E-state index contributed by atoms with van der Waals surface area (Å²) in [5, 5.41) is 35.5. The number of rotatable bonds is 10. The van der Waals surface area contributed by atoms with Crippen molar-refractivity contribution >= 4 is 22.7 Å². The van der Waals surface area contributed by atoms with Gasteiger partial charge in [-0.25, -0.2) is 0 Å². The van der Waals surface area contributed by atoms with Crippen molar-refractivity contribution in [3.63, 3.8) is 0 Å². The van der Waals surface area contributed by atoms with Crippen LogP contribution in [0.3, 0.4) is 0 Å². The molecule has 0 aromatic heterocycles. The van der Waals surface area contributed by atoms with Gasteiger partial charge in [0.2, 0.25) is 0 Å². The summed E-state index contributed by atoms with van der Waals surface area (Å²) in [6, 6.07) is 13.1.